The van der Waals surface area contributed by atoms with Crippen molar-refractivity contribution in [3.05, 3.63) is 36.2 Å². The van der Waals surface area contributed by atoms with Gasteiger partial charge < -0.3 is 9.84 Å². The van der Waals surface area contributed by atoms with E-state index in [2.05, 4.69) is 26.3 Å². The van der Waals surface area contributed by atoms with Gasteiger partial charge in [0, 0.05) is 30.4 Å². The Labute approximate surface area is 150 Å². The first-order valence-corrected chi connectivity index (χ1v) is 9.03. The lowest BCUT2D eigenvalue weighted by atomic mass is 9.82. The van der Waals surface area contributed by atoms with Gasteiger partial charge in [-0.2, -0.15) is 4.98 Å². The molecule has 2 aromatic rings. The van der Waals surface area contributed by atoms with Crippen molar-refractivity contribution < 1.29 is 13.7 Å². The number of alkyl halides is 1. The van der Waals surface area contributed by atoms with Crippen LogP contribution in [0.4, 0.5) is 4.39 Å². The maximum Gasteiger partial charge on any atom is 0.227 e. The van der Waals surface area contributed by atoms with Crippen molar-refractivity contribution >= 4 is 5.91 Å². The fourth-order valence-electron chi connectivity index (χ4n) is 3.73. The van der Waals surface area contributed by atoms with Crippen molar-refractivity contribution in [2.24, 2.45) is 5.92 Å². The predicted octanol–water partition coefficient (Wildman–Crippen LogP) is 1.73. The molecule has 4 atom stereocenters. The summed E-state index contributed by atoms with van der Waals surface area (Å²) in [5.74, 6) is 0.534. The molecule has 4 unspecified atom stereocenters. The van der Waals surface area contributed by atoms with E-state index in [1.807, 2.05) is 30.3 Å². The van der Waals surface area contributed by atoms with E-state index in [9.17, 15) is 9.18 Å². The van der Waals surface area contributed by atoms with Crippen LogP contribution < -0.4 is 16.2 Å². The normalized spacial score (nSPS) is 27.9. The first kappa shape index (κ1) is 17.1. The van der Waals surface area contributed by atoms with Crippen LogP contribution in [0.5, 0.6) is 0 Å². The quantitative estimate of drug-likeness (QED) is 0.753. The lowest BCUT2D eigenvalue weighted by molar-refractivity contribution is -0.122. The summed E-state index contributed by atoms with van der Waals surface area (Å²) >= 11 is 0. The molecule has 1 saturated carbocycles. The van der Waals surface area contributed by atoms with E-state index in [1.165, 1.54) is 0 Å². The summed E-state index contributed by atoms with van der Waals surface area (Å²) in [6.07, 6.45) is 1.63. The number of aryl methyl sites for hydroxylation is 1. The van der Waals surface area contributed by atoms with Crippen molar-refractivity contribution in [2.75, 3.05) is 0 Å². The van der Waals surface area contributed by atoms with Gasteiger partial charge >= 0.3 is 0 Å². The molecule has 26 heavy (non-hydrogen) atoms. The number of carbonyl (C=O) groups is 1. The number of rotatable bonds is 5. The molecule has 1 aromatic carbocycles. The van der Waals surface area contributed by atoms with Gasteiger partial charge in [0.1, 0.15) is 6.17 Å². The Kier molecular flexibility index (Phi) is 4.94. The van der Waals surface area contributed by atoms with Crippen molar-refractivity contribution in [2.45, 2.75) is 50.5 Å². The molecule has 2 aliphatic rings. The first-order chi connectivity index (χ1) is 12.7. The van der Waals surface area contributed by atoms with Gasteiger partial charge in [0.2, 0.25) is 17.6 Å². The number of nitrogens with one attached hydrogen (secondary N) is 3. The van der Waals surface area contributed by atoms with E-state index in [-0.39, 0.29) is 30.5 Å². The zero-order valence-corrected chi connectivity index (χ0v) is 14.3. The Morgan fingerprint density at radius 2 is 2.12 bits per heavy atom. The fourth-order valence-corrected chi connectivity index (χ4v) is 3.73. The van der Waals surface area contributed by atoms with Gasteiger partial charge in [-0.25, -0.2) is 9.82 Å². The summed E-state index contributed by atoms with van der Waals surface area (Å²) in [5, 5.41) is 6.82. The number of amides is 1. The molecule has 0 spiro atoms. The first-order valence-electron chi connectivity index (χ1n) is 9.03. The average molecular weight is 359 g/mol. The zero-order chi connectivity index (χ0) is 17.9. The maximum absolute atomic E-state index is 14.2. The highest BCUT2D eigenvalue weighted by Gasteiger charge is 2.44. The molecule has 8 heteroatoms. The van der Waals surface area contributed by atoms with Crippen LogP contribution in [0.2, 0.25) is 0 Å². The van der Waals surface area contributed by atoms with Gasteiger partial charge in [-0.3, -0.25) is 10.2 Å². The largest absolute Gasteiger partial charge is 0.339 e. The lowest BCUT2D eigenvalue weighted by Gasteiger charge is -2.30. The number of hydrogen-bond acceptors (Lipinski definition) is 6. The van der Waals surface area contributed by atoms with Crippen LogP contribution >= 0.6 is 0 Å². The molecule has 1 aliphatic heterocycles. The van der Waals surface area contributed by atoms with Crippen LogP contribution in [-0.2, 0) is 11.2 Å². The van der Waals surface area contributed by atoms with Gasteiger partial charge in [-0.05, 0) is 19.3 Å². The van der Waals surface area contributed by atoms with Crippen molar-refractivity contribution in [3.63, 3.8) is 0 Å². The van der Waals surface area contributed by atoms with Gasteiger partial charge in [0.15, 0.2) is 0 Å². The minimum Gasteiger partial charge on any atom is -0.339 e. The molecule has 1 aliphatic carbocycles. The number of benzene rings is 1. The summed E-state index contributed by atoms with van der Waals surface area (Å²) in [7, 11) is 0. The lowest BCUT2D eigenvalue weighted by Crippen LogP contribution is -2.49. The van der Waals surface area contributed by atoms with E-state index in [1.54, 1.807) is 0 Å². The fraction of sp³-hybridized carbons (Fsp3) is 0.500. The molecular formula is C18H22FN5O2. The van der Waals surface area contributed by atoms with Crippen LogP contribution in [0.3, 0.4) is 0 Å². The van der Waals surface area contributed by atoms with Crippen LogP contribution in [0.25, 0.3) is 11.4 Å². The third-order valence-corrected chi connectivity index (χ3v) is 5.07. The van der Waals surface area contributed by atoms with Gasteiger partial charge in [0.05, 0.1) is 6.17 Å². The second-order valence-electron chi connectivity index (χ2n) is 6.84. The molecule has 138 valence electrons. The molecule has 1 aromatic heterocycles. The topological polar surface area (TPSA) is 92.1 Å². The zero-order valence-electron chi connectivity index (χ0n) is 14.3. The SMILES string of the molecule is O=C(CCc1nc(-c2ccccc2)no1)NC1NNC2CCCC(F)C21. The maximum atomic E-state index is 14.2. The Morgan fingerprint density at radius 3 is 2.96 bits per heavy atom. The number of fused-ring (bicyclic) bond motifs is 1. The molecule has 1 amide bonds. The summed E-state index contributed by atoms with van der Waals surface area (Å²) in [6.45, 7) is 0. The monoisotopic (exact) mass is 359 g/mol. The van der Waals surface area contributed by atoms with Crippen LogP contribution in [0.15, 0.2) is 34.9 Å². The van der Waals surface area contributed by atoms with Gasteiger partial charge in [-0.15, -0.1) is 0 Å². The van der Waals surface area contributed by atoms with E-state index in [0.29, 0.717) is 24.6 Å². The molecule has 0 bridgehead atoms. The molecule has 0 radical (unpaired) electrons. The van der Waals surface area contributed by atoms with E-state index in [4.69, 9.17) is 4.52 Å². The Balaban J connectivity index is 1.30. The minimum atomic E-state index is -0.897. The minimum absolute atomic E-state index is 0.0772. The molecule has 3 N–H and O–H groups in total. The standard InChI is InChI=1S/C18H22FN5O2/c19-12-7-4-8-13-16(12)18(23-22-13)20-14(25)9-10-15-21-17(24-26-15)11-5-2-1-3-6-11/h1-3,5-6,12-13,16,18,22-23H,4,7-10H2,(H,20,25). The number of hydrazine groups is 1. The second kappa shape index (κ2) is 7.51. The summed E-state index contributed by atoms with van der Waals surface area (Å²) in [6, 6.07) is 9.59. The Bertz CT molecular complexity index is 753. The summed E-state index contributed by atoms with van der Waals surface area (Å²) in [4.78, 5) is 16.6. The van der Waals surface area contributed by atoms with Crippen molar-refractivity contribution in [1.29, 1.82) is 0 Å². The highest BCUT2D eigenvalue weighted by molar-refractivity contribution is 5.76. The van der Waals surface area contributed by atoms with Crippen LogP contribution in [0.1, 0.15) is 31.6 Å². The van der Waals surface area contributed by atoms with E-state index >= 15 is 0 Å². The van der Waals surface area contributed by atoms with E-state index < -0.39 is 6.17 Å². The third-order valence-electron chi connectivity index (χ3n) is 5.07. The predicted molar refractivity (Wildman–Crippen MR) is 92.3 cm³/mol. The van der Waals surface area contributed by atoms with Crippen LogP contribution in [0, 0.1) is 5.92 Å². The molecule has 4 rings (SSSR count). The molecule has 7 nitrogen and oxygen atoms in total. The molecule has 2 heterocycles. The Hall–Kier alpha value is -2.32. The number of aromatic nitrogens is 2. The van der Waals surface area contributed by atoms with Crippen molar-refractivity contribution in [3.8, 4) is 11.4 Å². The second-order valence-corrected chi connectivity index (χ2v) is 6.84. The van der Waals surface area contributed by atoms with E-state index in [0.717, 1.165) is 18.4 Å². The number of nitrogens with zero attached hydrogens (tertiary/aromatic N) is 2. The molecule has 2 fully saturated rings. The smallest absolute Gasteiger partial charge is 0.227 e. The third kappa shape index (κ3) is 3.61. The average Bonchev–Trinajstić information content (AvgIpc) is 3.29. The van der Waals surface area contributed by atoms with Gasteiger partial charge in [-0.1, -0.05) is 35.5 Å². The Morgan fingerprint density at radius 1 is 1.27 bits per heavy atom. The molecular weight excluding hydrogens is 337 g/mol. The highest BCUT2D eigenvalue weighted by Crippen LogP contribution is 2.31. The highest BCUT2D eigenvalue weighted by atomic mass is 19.1. The summed E-state index contributed by atoms with van der Waals surface area (Å²) in [5.41, 5.74) is 6.97. The van der Waals surface area contributed by atoms with Crippen molar-refractivity contribution in [1.82, 2.24) is 26.3 Å². The summed E-state index contributed by atoms with van der Waals surface area (Å²) < 4.78 is 19.4. The number of halogens is 1. The van der Waals surface area contributed by atoms with Gasteiger partial charge in [0.25, 0.3) is 0 Å². The molecule has 1 saturated heterocycles. The van der Waals surface area contributed by atoms with Crippen LogP contribution in [-0.4, -0.2) is 34.4 Å². The number of hydrogen-bond donors (Lipinski definition) is 3. The number of carbonyl (C=O) groups excluding carboxylic acids is 1.